The lowest BCUT2D eigenvalue weighted by Crippen LogP contribution is -2.41. The van der Waals surface area contributed by atoms with E-state index in [-0.39, 0.29) is 41.5 Å². The minimum atomic E-state index is -4.07. The van der Waals surface area contributed by atoms with E-state index in [4.69, 9.17) is 14.6 Å². The molecule has 0 saturated carbocycles. The second-order valence-corrected chi connectivity index (χ2v) is 11.0. The predicted octanol–water partition coefficient (Wildman–Crippen LogP) is 1.53. The fourth-order valence-corrected chi connectivity index (χ4v) is 7.02. The van der Waals surface area contributed by atoms with Crippen LogP contribution >= 0.6 is 0 Å². The molecule has 1 fully saturated rings. The average Bonchev–Trinajstić information content (AvgIpc) is 3.02. The Kier molecular flexibility index (Phi) is 7.89. The maximum absolute atomic E-state index is 13.5. The highest BCUT2D eigenvalue weighted by Gasteiger charge is 2.39. The van der Waals surface area contributed by atoms with Crippen molar-refractivity contribution in [1.82, 2.24) is 4.31 Å². The van der Waals surface area contributed by atoms with Crippen LogP contribution in [-0.4, -0.2) is 70.5 Å². The number of ether oxygens (including phenoxy) is 2. The third-order valence-electron chi connectivity index (χ3n) is 4.84. The number of methoxy groups -OCH3 is 2. The molecule has 164 valence electrons. The molecule has 29 heavy (non-hydrogen) atoms. The molecule has 0 radical (unpaired) electrons. The van der Waals surface area contributed by atoms with Gasteiger partial charge in [0, 0.05) is 25.1 Å². The Morgan fingerprint density at radius 2 is 1.93 bits per heavy atom. The largest absolute Gasteiger partial charge is 0.497 e. The van der Waals surface area contributed by atoms with Gasteiger partial charge in [0.15, 0.2) is 9.84 Å². The molecule has 1 aromatic rings. The number of aliphatic carboxylic acids is 1. The van der Waals surface area contributed by atoms with Crippen LogP contribution in [0.15, 0.2) is 23.1 Å². The number of sulfonamides is 1. The van der Waals surface area contributed by atoms with Gasteiger partial charge in [-0.05, 0) is 31.4 Å². The number of hydrogen-bond donors (Lipinski definition) is 1. The summed E-state index contributed by atoms with van der Waals surface area (Å²) in [4.78, 5) is 10.6. The van der Waals surface area contributed by atoms with Crippen LogP contribution in [-0.2, 0) is 24.7 Å². The van der Waals surface area contributed by atoms with Crippen LogP contribution < -0.4 is 9.47 Å². The van der Waals surface area contributed by atoms with E-state index in [1.54, 1.807) is 6.07 Å². The molecule has 0 amide bonds. The SMILES string of the molecule is COc1ccc(OC)c(S(=O)(=O)N(CCCCCC(=O)O)[C@H]2CCS(=O)(=O)C2)c1. The van der Waals surface area contributed by atoms with Crippen molar-refractivity contribution in [3.8, 4) is 11.5 Å². The number of nitrogens with zero attached hydrogens (tertiary/aromatic N) is 1. The van der Waals surface area contributed by atoms with Crippen LogP contribution in [0.3, 0.4) is 0 Å². The minimum absolute atomic E-state index is 0.00820. The lowest BCUT2D eigenvalue weighted by atomic mass is 10.2. The van der Waals surface area contributed by atoms with E-state index in [9.17, 15) is 21.6 Å². The van der Waals surface area contributed by atoms with E-state index in [1.807, 2.05) is 0 Å². The monoisotopic (exact) mass is 449 g/mol. The fraction of sp³-hybridized carbons (Fsp3) is 0.611. The molecule has 0 unspecified atom stereocenters. The molecular weight excluding hydrogens is 422 g/mol. The van der Waals surface area contributed by atoms with Gasteiger partial charge < -0.3 is 14.6 Å². The Bertz CT molecular complexity index is 927. The van der Waals surface area contributed by atoms with Crippen LogP contribution in [0.5, 0.6) is 11.5 Å². The molecular formula is C18H27NO8S2. The number of carbonyl (C=O) groups is 1. The van der Waals surface area contributed by atoms with Crippen LogP contribution in [0.4, 0.5) is 0 Å². The molecule has 1 saturated heterocycles. The van der Waals surface area contributed by atoms with Gasteiger partial charge in [0.25, 0.3) is 0 Å². The summed E-state index contributed by atoms with van der Waals surface area (Å²) in [6, 6.07) is 3.76. The summed E-state index contributed by atoms with van der Waals surface area (Å²) in [6.07, 6.45) is 1.61. The van der Waals surface area contributed by atoms with Crippen molar-refractivity contribution in [3.05, 3.63) is 18.2 Å². The number of benzene rings is 1. The van der Waals surface area contributed by atoms with E-state index < -0.39 is 31.9 Å². The van der Waals surface area contributed by atoms with Crippen molar-refractivity contribution in [2.24, 2.45) is 0 Å². The average molecular weight is 450 g/mol. The summed E-state index contributed by atoms with van der Waals surface area (Å²) in [7, 11) is -4.59. The maximum Gasteiger partial charge on any atom is 0.303 e. The zero-order valence-electron chi connectivity index (χ0n) is 16.5. The zero-order valence-corrected chi connectivity index (χ0v) is 18.2. The Hall–Kier alpha value is -1.85. The Balaban J connectivity index is 2.32. The van der Waals surface area contributed by atoms with Crippen LogP contribution in [0.2, 0.25) is 0 Å². The Morgan fingerprint density at radius 3 is 2.48 bits per heavy atom. The molecule has 11 heteroatoms. The fourth-order valence-electron chi connectivity index (χ4n) is 3.33. The van der Waals surface area contributed by atoms with Gasteiger partial charge in [-0.2, -0.15) is 4.31 Å². The van der Waals surface area contributed by atoms with E-state index in [1.165, 1.54) is 30.7 Å². The van der Waals surface area contributed by atoms with Gasteiger partial charge >= 0.3 is 5.97 Å². The van der Waals surface area contributed by atoms with Crippen molar-refractivity contribution in [1.29, 1.82) is 0 Å². The predicted molar refractivity (Wildman–Crippen MR) is 107 cm³/mol. The summed E-state index contributed by atoms with van der Waals surface area (Å²) in [5, 5.41) is 8.74. The quantitative estimate of drug-likeness (QED) is 0.504. The topological polar surface area (TPSA) is 127 Å². The summed E-state index contributed by atoms with van der Waals surface area (Å²) >= 11 is 0. The molecule has 0 aromatic heterocycles. The number of unbranched alkanes of at least 4 members (excludes halogenated alkanes) is 2. The van der Waals surface area contributed by atoms with Crippen molar-refractivity contribution in [2.75, 3.05) is 32.3 Å². The van der Waals surface area contributed by atoms with Gasteiger partial charge in [-0.15, -0.1) is 0 Å². The number of carboxylic acids is 1. The normalized spacial score (nSPS) is 18.7. The molecule has 1 N–H and O–H groups in total. The molecule has 1 heterocycles. The van der Waals surface area contributed by atoms with E-state index in [0.29, 0.717) is 25.0 Å². The van der Waals surface area contributed by atoms with Gasteiger partial charge in [0.1, 0.15) is 16.4 Å². The van der Waals surface area contributed by atoms with Gasteiger partial charge in [-0.1, -0.05) is 6.42 Å². The van der Waals surface area contributed by atoms with Gasteiger partial charge in [-0.25, -0.2) is 16.8 Å². The van der Waals surface area contributed by atoms with E-state index in [0.717, 1.165) is 0 Å². The molecule has 2 rings (SSSR count). The lowest BCUT2D eigenvalue weighted by molar-refractivity contribution is -0.137. The van der Waals surface area contributed by atoms with Crippen molar-refractivity contribution < 1.29 is 36.2 Å². The smallest absolute Gasteiger partial charge is 0.303 e. The molecule has 0 aliphatic carbocycles. The lowest BCUT2D eigenvalue weighted by Gasteiger charge is -2.28. The molecule has 1 aliphatic heterocycles. The van der Waals surface area contributed by atoms with E-state index in [2.05, 4.69) is 0 Å². The van der Waals surface area contributed by atoms with Crippen LogP contribution in [0.25, 0.3) is 0 Å². The number of carboxylic acid groups (broad SMARTS) is 1. The summed E-state index contributed by atoms with van der Waals surface area (Å²) in [5.41, 5.74) is 0. The Morgan fingerprint density at radius 1 is 1.21 bits per heavy atom. The minimum Gasteiger partial charge on any atom is -0.497 e. The first-order valence-corrected chi connectivity index (χ1v) is 12.5. The first-order valence-electron chi connectivity index (χ1n) is 9.27. The standard InChI is InChI=1S/C18H27NO8S2/c1-26-15-7-8-16(27-2)17(12-15)29(24,25)19(10-5-3-4-6-18(20)21)14-9-11-28(22,23)13-14/h7-8,12,14H,3-6,9-11,13H2,1-2H3,(H,20,21)/t14-/m0/s1. The Labute approximate surface area is 171 Å². The molecule has 1 atom stereocenters. The first kappa shape index (κ1) is 23.4. The van der Waals surface area contributed by atoms with Crippen molar-refractivity contribution in [3.63, 3.8) is 0 Å². The number of rotatable bonds is 11. The molecule has 1 aliphatic rings. The van der Waals surface area contributed by atoms with Crippen LogP contribution in [0.1, 0.15) is 32.1 Å². The first-order chi connectivity index (χ1) is 13.6. The highest BCUT2D eigenvalue weighted by Crippen LogP contribution is 2.33. The number of hydrogen-bond acceptors (Lipinski definition) is 7. The second kappa shape index (κ2) is 9.77. The molecule has 9 nitrogen and oxygen atoms in total. The van der Waals surface area contributed by atoms with E-state index >= 15 is 0 Å². The molecule has 1 aromatic carbocycles. The summed E-state index contributed by atoms with van der Waals surface area (Å²) < 4.78 is 62.4. The second-order valence-electron chi connectivity index (χ2n) is 6.89. The molecule has 0 bridgehead atoms. The third-order valence-corrected chi connectivity index (χ3v) is 8.57. The maximum atomic E-state index is 13.5. The van der Waals surface area contributed by atoms with Crippen molar-refractivity contribution >= 4 is 25.8 Å². The van der Waals surface area contributed by atoms with Gasteiger partial charge in [0.2, 0.25) is 10.0 Å². The third kappa shape index (κ3) is 6.06. The summed E-state index contributed by atoms with van der Waals surface area (Å²) in [5.74, 6) is -0.712. The number of sulfone groups is 1. The molecule has 0 spiro atoms. The highest BCUT2D eigenvalue weighted by molar-refractivity contribution is 7.92. The van der Waals surface area contributed by atoms with Gasteiger partial charge in [0.05, 0.1) is 25.7 Å². The zero-order chi connectivity index (χ0) is 21.7. The highest BCUT2D eigenvalue weighted by atomic mass is 32.2. The summed E-state index contributed by atoms with van der Waals surface area (Å²) in [6.45, 7) is 0.0997. The van der Waals surface area contributed by atoms with Crippen molar-refractivity contribution in [2.45, 2.75) is 43.0 Å². The van der Waals surface area contributed by atoms with Crippen LogP contribution in [0, 0.1) is 0 Å². The van der Waals surface area contributed by atoms with Gasteiger partial charge in [-0.3, -0.25) is 4.79 Å².